The smallest absolute Gasteiger partial charge is 0.297 e. The fourth-order valence-electron chi connectivity index (χ4n) is 2.26. The normalized spacial score (nSPS) is 16.0. The van der Waals surface area contributed by atoms with E-state index in [1.54, 1.807) is 30.7 Å². The van der Waals surface area contributed by atoms with Gasteiger partial charge in [-0.05, 0) is 38.1 Å². The van der Waals surface area contributed by atoms with Gasteiger partial charge >= 0.3 is 0 Å². The van der Waals surface area contributed by atoms with Crippen LogP contribution in [0.5, 0.6) is 11.5 Å². The lowest BCUT2D eigenvalue weighted by molar-refractivity contribution is 0.156. The zero-order chi connectivity index (χ0) is 14.3. The van der Waals surface area contributed by atoms with Crippen molar-refractivity contribution in [2.45, 2.75) is 19.4 Å². The van der Waals surface area contributed by atoms with Crippen LogP contribution < -0.4 is 10.3 Å². The van der Waals surface area contributed by atoms with E-state index < -0.39 is 11.2 Å². The summed E-state index contributed by atoms with van der Waals surface area (Å²) in [7, 11) is 0. The molecule has 5 nitrogen and oxygen atoms in total. The molecule has 0 aromatic carbocycles. The Bertz CT molecular complexity index is 760. The summed E-state index contributed by atoms with van der Waals surface area (Å²) in [6, 6.07) is 4.78. The molecule has 0 atom stereocenters. The molecular weight excluding hydrogens is 256 g/mol. The third-order valence-corrected chi connectivity index (χ3v) is 3.10. The van der Waals surface area contributed by atoms with E-state index in [0.29, 0.717) is 11.4 Å². The zero-order valence-electron chi connectivity index (χ0n) is 11.2. The van der Waals surface area contributed by atoms with Crippen LogP contribution in [0.4, 0.5) is 0 Å². The predicted molar refractivity (Wildman–Crippen MR) is 74.7 cm³/mol. The Kier molecular flexibility index (Phi) is 2.64. The van der Waals surface area contributed by atoms with E-state index in [4.69, 9.17) is 4.74 Å². The van der Waals surface area contributed by atoms with Crippen LogP contribution in [0, 0.1) is 0 Å². The number of pyridine rings is 2. The summed E-state index contributed by atoms with van der Waals surface area (Å²) in [6.45, 7) is 3.80. The summed E-state index contributed by atoms with van der Waals surface area (Å²) < 4.78 is 7.24. The lowest BCUT2D eigenvalue weighted by Gasteiger charge is -2.31. The minimum atomic E-state index is -0.559. The Morgan fingerprint density at radius 1 is 1.35 bits per heavy atom. The van der Waals surface area contributed by atoms with E-state index in [2.05, 4.69) is 4.98 Å². The molecule has 1 N–H and O–H groups in total. The number of nitrogens with zero attached hydrogens (tertiary/aromatic N) is 2. The minimum absolute atomic E-state index is 0.284. The summed E-state index contributed by atoms with van der Waals surface area (Å²) >= 11 is 0. The van der Waals surface area contributed by atoms with Gasteiger partial charge in [-0.3, -0.25) is 14.3 Å². The molecule has 0 radical (unpaired) electrons. The van der Waals surface area contributed by atoms with E-state index in [0.717, 1.165) is 5.56 Å². The summed E-state index contributed by atoms with van der Waals surface area (Å²) in [4.78, 5) is 16.1. The van der Waals surface area contributed by atoms with Gasteiger partial charge in [0.2, 0.25) is 0 Å². The fourth-order valence-corrected chi connectivity index (χ4v) is 2.26. The monoisotopic (exact) mass is 270 g/mol. The van der Waals surface area contributed by atoms with Gasteiger partial charge in [0.25, 0.3) is 5.56 Å². The molecule has 20 heavy (non-hydrogen) atoms. The van der Waals surface area contributed by atoms with Crippen LogP contribution in [0.1, 0.15) is 19.4 Å². The van der Waals surface area contributed by atoms with Gasteiger partial charge in [0.05, 0.1) is 11.9 Å². The third-order valence-electron chi connectivity index (χ3n) is 3.10. The van der Waals surface area contributed by atoms with Gasteiger partial charge in [0.15, 0.2) is 5.75 Å². The second-order valence-corrected chi connectivity index (χ2v) is 5.18. The lowest BCUT2D eigenvalue weighted by atomic mass is 10.00. The summed E-state index contributed by atoms with van der Waals surface area (Å²) in [5.41, 5.74) is 0.432. The van der Waals surface area contributed by atoms with Crippen molar-refractivity contribution in [3.05, 3.63) is 58.8 Å². The highest BCUT2D eigenvalue weighted by atomic mass is 16.5. The van der Waals surface area contributed by atoms with Crippen molar-refractivity contribution in [2.75, 3.05) is 0 Å². The fraction of sp³-hybridized carbons (Fsp3) is 0.200. The zero-order valence-corrected chi connectivity index (χ0v) is 11.2. The van der Waals surface area contributed by atoms with Crippen molar-refractivity contribution in [3.8, 4) is 11.5 Å². The molecule has 0 aliphatic carbocycles. The van der Waals surface area contributed by atoms with Crippen LogP contribution in [-0.2, 0) is 0 Å². The minimum Gasteiger partial charge on any atom is -0.503 e. The van der Waals surface area contributed by atoms with Crippen molar-refractivity contribution in [2.24, 2.45) is 0 Å². The number of hydrogen-bond acceptors (Lipinski definition) is 4. The first kappa shape index (κ1) is 12.5. The Hall–Kier alpha value is -2.56. The molecule has 3 rings (SSSR count). The number of ether oxygens (including phenoxy) is 1. The van der Waals surface area contributed by atoms with E-state index >= 15 is 0 Å². The lowest BCUT2D eigenvalue weighted by Crippen LogP contribution is -2.32. The second-order valence-electron chi connectivity index (χ2n) is 5.18. The number of hydrogen-bond donors (Lipinski definition) is 1. The van der Waals surface area contributed by atoms with Crippen molar-refractivity contribution in [3.63, 3.8) is 0 Å². The number of aromatic hydroxyl groups is 1. The Labute approximate surface area is 115 Å². The average molecular weight is 270 g/mol. The topological polar surface area (TPSA) is 64.4 Å². The second kappa shape index (κ2) is 4.23. The van der Waals surface area contributed by atoms with Crippen LogP contribution in [0.25, 0.3) is 5.70 Å². The van der Waals surface area contributed by atoms with Gasteiger partial charge in [-0.15, -0.1) is 0 Å². The summed E-state index contributed by atoms with van der Waals surface area (Å²) in [5, 5.41) is 9.60. The van der Waals surface area contributed by atoms with Crippen LogP contribution in [0.3, 0.4) is 0 Å². The molecule has 1 aliphatic rings. The van der Waals surface area contributed by atoms with E-state index in [9.17, 15) is 9.90 Å². The maximum absolute atomic E-state index is 12.1. The van der Waals surface area contributed by atoms with E-state index in [1.165, 1.54) is 10.6 Å². The predicted octanol–water partition coefficient (Wildman–Crippen LogP) is 2.01. The Morgan fingerprint density at radius 3 is 2.95 bits per heavy atom. The molecule has 3 heterocycles. The number of aromatic nitrogens is 2. The molecule has 2 aromatic rings. The molecule has 0 saturated carbocycles. The number of fused-ring (bicyclic) bond motifs is 1. The molecule has 0 saturated heterocycles. The third kappa shape index (κ3) is 1.97. The highest BCUT2D eigenvalue weighted by Crippen LogP contribution is 2.35. The summed E-state index contributed by atoms with van der Waals surface area (Å²) in [5.74, 6) is 0.332. The molecule has 0 spiro atoms. The molecule has 102 valence electrons. The first-order valence-electron chi connectivity index (χ1n) is 6.25. The van der Waals surface area contributed by atoms with E-state index in [-0.39, 0.29) is 5.75 Å². The van der Waals surface area contributed by atoms with Crippen molar-refractivity contribution in [1.82, 2.24) is 9.55 Å². The highest BCUT2D eigenvalue weighted by Gasteiger charge is 2.28. The van der Waals surface area contributed by atoms with Gasteiger partial charge < -0.3 is 9.84 Å². The van der Waals surface area contributed by atoms with Gasteiger partial charge in [-0.2, -0.15) is 0 Å². The number of rotatable bonds is 1. The van der Waals surface area contributed by atoms with Crippen LogP contribution in [0.15, 0.2) is 47.7 Å². The molecule has 0 unspecified atom stereocenters. The van der Waals surface area contributed by atoms with Crippen molar-refractivity contribution >= 4 is 5.70 Å². The standard InChI is InChI=1S/C15H14N2O3/c1-15(2)8-11(10-5-6-16-9-13(10)20-15)17-7-3-4-12(18)14(17)19/h3-9,18H,1-2H3. The van der Waals surface area contributed by atoms with Crippen LogP contribution >= 0.6 is 0 Å². The Balaban J connectivity index is 2.28. The molecule has 0 bridgehead atoms. The van der Waals surface area contributed by atoms with E-state index in [1.807, 2.05) is 19.9 Å². The van der Waals surface area contributed by atoms with Gasteiger partial charge in [0, 0.05) is 18.0 Å². The van der Waals surface area contributed by atoms with Gasteiger partial charge in [-0.1, -0.05) is 0 Å². The molecule has 1 aliphatic heterocycles. The highest BCUT2D eigenvalue weighted by molar-refractivity contribution is 5.73. The van der Waals surface area contributed by atoms with Crippen molar-refractivity contribution < 1.29 is 9.84 Å². The Morgan fingerprint density at radius 2 is 2.15 bits per heavy atom. The van der Waals surface area contributed by atoms with Crippen LogP contribution in [-0.4, -0.2) is 20.3 Å². The molecular formula is C15H14N2O3. The quantitative estimate of drug-likeness (QED) is 0.861. The maximum atomic E-state index is 12.1. The average Bonchev–Trinajstić information content (AvgIpc) is 2.40. The SMILES string of the molecule is CC1(C)C=C(n2cccc(O)c2=O)c2ccncc2O1. The molecule has 0 fully saturated rings. The maximum Gasteiger partial charge on any atom is 0.297 e. The summed E-state index contributed by atoms with van der Waals surface area (Å²) in [6.07, 6.45) is 6.75. The van der Waals surface area contributed by atoms with Crippen molar-refractivity contribution in [1.29, 1.82) is 0 Å². The molecule has 0 amide bonds. The molecule has 2 aromatic heterocycles. The van der Waals surface area contributed by atoms with Gasteiger partial charge in [0.1, 0.15) is 11.4 Å². The van der Waals surface area contributed by atoms with Gasteiger partial charge in [-0.25, -0.2) is 0 Å². The van der Waals surface area contributed by atoms with Crippen LogP contribution in [0.2, 0.25) is 0 Å². The molecule has 5 heteroatoms. The first-order chi connectivity index (χ1) is 9.48. The largest absolute Gasteiger partial charge is 0.503 e. The first-order valence-corrected chi connectivity index (χ1v) is 6.25.